The summed E-state index contributed by atoms with van der Waals surface area (Å²) in [5.41, 5.74) is 0.0446. The maximum Gasteiger partial charge on any atom is 0.330 e. The standard InChI is InChI=1S/C11H15N3O2/c1-4-5-6-12-8-9-7-10(15)14(3)11(16)13(9)2/h1,7,12H,5-6,8H2,2-3H3. The van der Waals surface area contributed by atoms with Gasteiger partial charge in [0.1, 0.15) is 0 Å². The number of terminal acetylenes is 1. The van der Waals surface area contributed by atoms with E-state index < -0.39 is 0 Å². The smallest absolute Gasteiger partial charge is 0.310 e. The first-order valence-corrected chi connectivity index (χ1v) is 4.98. The molecule has 0 radical (unpaired) electrons. The molecule has 0 bridgehead atoms. The number of hydrogen-bond acceptors (Lipinski definition) is 3. The van der Waals surface area contributed by atoms with Crippen molar-refractivity contribution in [2.24, 2.45) is 14.1 Å². The molecule has 0 aromatic carbocycles. The fraction of sp³-hybridized carbons (Fsp3) is 0.455. The first kappa shape index (κ1) is 12.3. The van der Waals surface area contributed by atoms with Crippen LogP contribution in [-0.4, -0.2) is 15.7 Å². The van der Waals surface area contributed by atoms with E-state index in [1.54, 1.807) is 7.05 Å². The molecule has 0 amide bonds. The second-order valence-electron chi connectivity index (χ2n) is 3.51. The largest absolute Gasteiger partial charge is 0.330 e. The summed E-state index contributed by atoms with van der Waals surface area (Å²) in [6.07, 6.45) is 5.73. The van der Waals surface area contributed by atoms with E-state index >= 15 is 0 Å². The monoisotopic (exact) mass is 221 g/mol. The highest BCUT2D eigenvalue weighted by molar-refractivity contribution is 5.01. The van der Waals surface area contributed by atoms with Gasteiger partial charge in [0.2, 0.25) is 0 Å². The van der Waals surface area contributed by atoms with Gasteiger partial charge in [-0.05, 0) is 0 Å². The Bertz CT molecular complexity index is 520. The number of nitrogens with one attached hydrogen (secondary N) is 1. The second-order valence-corrected chi connectivity index (χ2v) is 3.51. The minimum Gasteiger partial charge on any atom is -0.310 e. The van der Waals surface area contributed by atoms with Gasteiger partial charge in [-0.3, -0.25) is 13.9 Å². The third kappa shape index (κ3) is 2.61. The summed E-state index contributed by atoms with van der Waals surface area (Å²) in [7, 11) is 3.10. The van der Waals surface area contributed by atoms with Gasteiger partial charge in [0.15, 0.2) is 0 Å². The van der Waals surface area contributed by atoms with Gasteiger partial charge < -0.3 is 5.32 Å². The second kappa shape index (κ2) is 5.33. The molecule has 0 fully saturated rings. The first-order chi connectivity index (χ1) is 7.57. The van der Waals surface area contributed by atoms with Gasteiger partial charge in [-0.25, -0.2) is 4.79 Å². The fourth-order valence-electron chi connectivity index (χ4n) is 1.32. The predicted octanol–water partition coefficient (Wildman–Crippen LogP) is -0.803. The highest BCUT2D eigenvalue weighted by Crippen LogP contribution is 1.89. The van der Waals surface area contributed by atoms with Crippen molar-refractivity contribution < 1.29 is 0 Å². The number of hydrogen-bond donors (Lipinski definition) is 1. The zero-order chi connectivity index (χ0) is 12.1. The lowest BCUT2D eigenvalue weighted by molar-refractivity contribution is 0.605. The highest BCUT2D eigenvalue weighted by atomic mass is 16.2. The summed E-state index contributed by atoms with van der Waals surface area (Å²) in [6.45, 7) is 1.13. The predicted molar refractivity (Wildman–Crippen MR) is 62.1 cm³/mol. The van der Waals surface area contributed by atoms with Gasteiger partial charge in [0.25, 0.3) is 5.56 Å². The molecule has 1 rings (SSSR count). The van der Waals surface area contributed by atoms with Crippen LogP contribution in [0.3, 0.4) is 0 Å². The van der Waals surface area contributed by atoms with E-state index in [2.05, 4.69) is 11.2 Å². The van der Waals surface area contributed by atoms with Gasteiger partial charge in [-0.1, -0.05) is 0 Å². The van der Waals surface area contributed by atoms with Crippen molar-refractivity contribution in [2.45, 2.75) is 13.0 Å². The molecule has 86 valence electrons. The molecule has 0 atom stereocenters. The third-order valence-corrected chi connectivity index (χ3v) is 2.38. The average molecular weight is 221 g/mol. The lowest BCUT2D eigenvalue weighted by Gasteiger charge is -2.09. The van der Waals surface area contributed by atoms with E-state index in [4.69, 9.17) is 6.42 Å². The number of rotatable bonds is 4. The third-order valence-electron chi connectivity index (χ3n) is 2.38. The Morgan fingerprint density at radius 1 is 1.38 bits per heavy atom. The van der Waals surface area contributed by atoms with E-state index in [-0.39, 0.29) is 11.2 Å². The maximum absolute atomic E-state index is 11.6. The summed E-state index contributed by atoms with van der Waals surface area (Å²) in [6, 6.07) is 1.45. The van der Waals surface area contributed by atoms with Gasteiger partial charge in [0, 0.05) is 45.4 Å². The van der Waals surface area contributed by atoms with Crippen molar-refractivity contribution in [1.29, 1.82) is 0 Å². The Morgan fingerprint density at radius 3 is 2.69 bits per heavy atom. The van der Waals surface area contributed by atoms with E-state index in [0.29, 0.717) is 25.2 Å². The summed E-state index contributed by atoms with van der Waals surface area (Å²) in [4.78, 5) is 23.0. The Kier molecular flexibility index (Phi) is 4.09. The van der Waals surface area contributed by atoms with E-state index in [1.165, 1.54) is 17.7 Å². The topological polar surface area (TPSA) is 56.0 Å². The van der Waals surface area contributed by atoms with Crippen molar-refractivity contribution in [3.8, 4) is 12.3 Å². The van der Waals surface area contributed by atoms with Gasteiger partial charge >= 0.3 is 5.69 Å². The Morgan fingerprint density at radius 2 is 2.06 bits per heavy atom. The maximum atomic E-state index is 11.6. The van der Waals surface area contributed by atoms with Crippen molar-refractivity contribution in [3.05, 3.63) is 32.6 Å². The molecule has 0 unspecified atom stereocenters. The summed E-state index contributed by atoms with van der Waals surface area (Å²) >= 11 is 0. The summed E-state index contributed by atoms with van der Waals surface area (Å²) in [5.74, 6) is 2.50. The summed E-state index contributed by atoms with van der Waals surface area (Å²) in [5, 5.41) is 3.07. The molecule has 1 N–H and O–H groups in total. The van der Waals surface area contributed by atoms with Crippen molar-refractivity contribution >= 4 is 0 Å². The van der Waals surface area contributed by atoms with Crippen molar-refractivity contribution in [1.82, 2.24) is 14.5 Å². The fourth-order valence-corrected chi connectivity index (χ4v) is 1.32. The lowest BCUT2D eigenvalue weighted by Crippen LogP contribution is -2.39. The van der Waals surface area contributed by atoms with Crippen LogP contribution in [0.15, 0.2) is 15.7 Å². The molecule has 0 aliphatic heterocycles. The molecule has 0 aliphatic carbocycles. The normalized spacial score (nSPS) is 10.1. The molecule has 0 saturated heterocycles. The molecule has 1 aromatic rings. The molecule has 5 nitrogen and oxygen atoms in total. The van der Waals surface area contributed by atoms with Crippen LogP contribution >= 0.6 is 0 Å². The molecule has 1 heterocycles. The van der Waals surface area contributed by atoms with Crippen LogP contribution in [0.5, 0.6) is 0 Å². The number of aromatic nitrogens is 2. The average Bonchev–Trinajstić information content (AvgIpc) is 2.28. The molecule has 0 saturated carbocycles. The molecular weight excluding hydrogens is 206 g/mol. The molecule has 0 aliphatic rings. The molecular formula is C11H15N3O2. The first-order valence-electron chi connectivity index (χ1n) is 4.98. The minimum absolute atomic E-state index is 0.295. The van der Waals surface area contributed by atoms with Crippen LogP contribution < -0.4 is 16.6 Å². The molecule has 0 spiro atoms. The highest BCUT2D eigenvalue weighted by Gasteiger charge is 2.04. The quantitative estimate of drug-likeness (QED) is 0.535. The minimum atomic E-state index is -0.318. The van der Waals surface area contributed by atoms with Crippen molar-refractivity contribution in [2.75, 3.05) is 6.54 Å². The van der Waals surface area contributed by atoms with E-state index in [1.807, 2.05) is 0 Å². The van der Waals surface area contributed by atoms with Crippen LogP contribution in [0.25, 0.3) is 0 Å². The van der Waals surface area contributed by atoms with E-state index in [9.17, 15) is 9.59 Å². The molecule has 1 aromatic heterocycles. The Hall–Kier alpha value is -1.80. The number of nitrogens with zero attached hydrogens (tertiary/aromatic N) is 2. The SMILES string of the molecule is C#CCCNCc1cc(=O)n(C)c(=O)n1C. The van der Waals surface area contributed by atoms with Gasteiger partial charge in [-0.2, -0.15) is 0 Å². The van der Waals surface area contributed by atoms with Crippen LogP contribution in [0, 0.1) is 12.3 Å². The van der Waals surface area contributed by atoms with Crippen molar-refractivity contribution in [3.63, 3.8) is 0 Å². The summed E-state index contributed by atoms with van der Waals surface area (Å²) < 4.78 is 2.52. The zero-order valence-electron chi connectivity index (χ0n) is 9.49. The van der Waals surface area contributed by atoms with Crippen LogP contribution in [0.2, 0.25) is 0 Å². The molecule has 5 heteroatoms. The van der Waals surface area contributed by atoms with Crippen LogP contribution in [0.4, 0.5) is 0 Å². The molecule has 16 heavy (non-hydrogen) atoms. The Labute approximate surface area is 93.7 Å². The Balaban J connectivity index is 2.87. The van der Waals surface area contributed by atoms with Crippen LogP contribution in [-0.2, 0) is 20.6 Å². The van der Waals surface area contributed by atoms with Gasteiger partial charge in [-0.15, -0.1) is 12.3 Å². The van der Waals surface area contributed by atoms with Gasteiger partial charge in [0.05, 0.1) is 0 Å². The van der Waals surface area contributed by atoms with E-state index in [0.717, 1.165) is 4.57 Å². The van der Waals surface area contributed by atoms with Crippen LogP contribution in [0.1, 0.15) is 12.1 Å². The zero-order valence-corrected chi connectivity index (χ0v) is 9.49. The lowest BCUT2D eigenvalue weighted by atomic mass is 10.3.